The van der Waals surface area contributed by atoms with E-state index in [2.05, 4.69) is 40.6 Å². The monoisotopic (exact) mass is 451 g/mol. The quantitative estimate of drug-likeness (QED) is 0.607. The number of fused-ring (bicyclic) bond motifs is 1. The number of piperazine rings is 1. The molecule has 4 heterocycles. The minimum atomic E-state index is 0.0762. The average molecular weight is 452 g/mol. The van der Waals surface area contributed by atoms with Crippen LogP contribution in [0.25, 0.3) is 0 Å². The van der Waals surface area contributed by atoms with Gasteiger partial charge in [0.1, 0.15) is 0 Å². The van der Waals surface area contributed by atoms with Crippen molar-refractivity contribution in [3.8, 4) is 0 Å². The van der Waals surface area contributed by atoms with Crippen LogP contribution in [0, 0.1) is 0 Å². The van der Waals surface area contributed by atoms with Gasteiger partial charge in [0.15, 0.2) is 0 Å². The Morgan fingerprint density at radius 2 is 1.61 bits per heavy atom. The van der Waals surface area contributed by atoms with Crippen LogP contribution in [-0.4, -0.2) is 65.8 Å². The number of hydrogen-bond acceptors (Lipinski definition) is 5. The van der Waals surface area contributed by atoms with Crippen molar-refractivity contribution in [2.75, 3.05) is 39.3 Å². The summed E-state index contributed by atoms with van der Waals surface area (Å²) >= 11 is 3.29. The second-order valence-electron chi connectivity index (χ2n) is 7.98. The van der Waals surface area contributed by atoms with Crippen molar-refractivity contribution < 1.29 is 9.59 Å². The molecule has 2 aliphatic heterocycles. The van der Waals surface area contributed by atoms with E-state index in [-0.39, 0.29) is 17.9 Å². The van der Waals surface area contributed by atoms with Crippen molar-refractivity contribution in [1.29, 1.82) is 0 Å². The smallest absolute Gasteiger partial charge is 0.264 e. The number of amides is 2. The van der Waals surface area contributed by atoms with Gasteiger partial charge in [-0.1, -0.05) is 36.4 Å². The third-order valence-electron chi connectivity index (χ3n) is 6.17. The topological polar surface area (TPSA) is 43.9 Å². The Kier molecular flexibility index (Phi) is 5.89. The number of hydrogen-bond donors (Lipinski definition) is 0. The van der Waals surface area contributed by atoms with Crippen LogP contribution in [0.5, 0.6) is 0 Å². The SMILES string of the molecule is O=C(CN1CCc2sccc2[C@@H]1c1ccccc1)N1CCN(C(=O)c2cccs2)CC1. The van der Waals surface area contributed by atoms with Crippen LogP contribution < -0.4 is 0 Å². The Balaban J connectivity index is 1.25. The maximum Gasteiger partial charge on any atom is 0.264 e. The van der Waals surface area contributed by atoms with Gasteiger partial charge in [0.2, 0.25) is 5.91 Å². The van der Waals surface area contributed by atoms with Gasteiger partial charge in [0.05, 0.1) is 17.5 Å². The zero-order valence-corrected chi connectivity index (χ0v) is 18.9. The van der Waals surface area contributed by atoms with E-state index in [1.54, 1.807) is 0 Å². The number of rotatable bonds is 4. The summed E-state index contributed by atoms with van der Waals surface area (Å²) in [6.45, 7) is 3.69. The second kappa shape index (κ2) is 8.94. The Morgan fingerprint density at radius 1 is 0.839 bits per heavy atom. The highest BCUT2D eigenvalue weighted by molar-refractivity contribution is 7.12. The highest BCUT2D eigenvalue weighted by Gasteiger charge is 2.33. The summed E-state index contributed by atoms with van der Waals surface area (Å²) in [5.41, 5.74) is 2.57. The molecular weight excluding hydrogens is 426 g/mol. The molecule has 1 atom stereocenters. The van der Waals surface area contributed by atoms with Gasteiger partial charge in [0.25, 0.3) is 5.91 Å². The fraction of sp³-hybridized carbons (Fsp3) is 0.333. The molecule has 0 aliphatic carbocycles. The minimum Gasteiger partial charge on any atom is -0.338 e. The molecule has 1 fully saturated rings. The van der Waals surface area contributed by atoms with E-state index in [0.29, 0.717) is 32.7 Å². The summed E-state index contributed by atoms with van der Waals surface area (Å²) in [5, 5.41) is 4.09. The van der Waals surface area contributed by atoms with Crippen molar-refractivity contribution in [1.82, 2.24) is 14.7 Å². The number of nitrogens with zero attached hydrogens (tertiary/aromatic N) is 3. The second-order valence-corrected chi connectivity index (χ2v) is 9.93. The molecule has 0 N–H and O–H groups in total. The van der Waals surface area contributed by atoms with Crippen LogP contribution in [0.4, 0.5) is 0 Å². The van der Waals surface area contributed by atoms with Crippen molar-refractivity contribution in [3.63, 3.8) is 0 Å². The molecule has 2 amide bonds. The zero-order valence-electron chi connectivity index (χ0n) is 17.3. The summed E-state index contributed by atoms with van der Waals surface area (Å²) in [6.07, 6.45) is 0.993. The van der Waals surface area contributed by atoms with Gasteiger partial charge in [-0.15, -0.1) is 22.7 Å². The van der Waals surface area contributed by atoms with Crippen molar-refractivity contribution in [3.05, 3.63) is 80.2 Å². The zero-order chi connectivity index (χ0) is 21.2. The Hall–Kier alpha value is -2.48. The van der Waals surface area contributed by atoms with Gasteiger partial charge in [-0.25, -0.2) is 0 Å². The normalized spacial score (nSPS) is 19.3. The van der Waals surface area contributed by atoms with Crippen LogP contribution in [0.1, 0.15) is 31.7 Å². The molecule has 0 bridgehead atoms. The fourth-order valence-corrected chi connectivity index (χ4v) is 6.15. The molecule has 2 aliphatic rings. The third-order valence-corrected chi connectivity index (χ3v) is 8.03. The first-order valence-electron chi connectivity index (χ1n) is 10.7. The highest BCUT2D eigenvalue weighted by atomic mass is 32.1. The van der Waals surface area contributed by atoms with E-state index < -0.39 is 0 Å². The first kappa shape index (κ1) is 20.4. The van der Waals surface area contributed by atoms with E-state index in [1.165, 1.54) is 27.3 Å². The number of benzene rings is 1. The molecule has 1 aromatic carbocycles. The first-order valence-corrected chi connectivity index (χ1v) is 12.4. The molecule has 0 radical (unpaired) electrons. The van der Waals surface area contributed by atoms with E-state index in [9.17, 15) is 9.59 Å². The van der Waals surface area contributed by atoms with Crippen LogP contribution in [-0.2, 0) is 11.2 Å². The molecule has 0 saturated carbocycles. The summed E-state index contributed by atoms with van der Waals surface area (Å²) in [5.74, 6) is 0.232. The van der Waals surface area contributed by atoms with Crippen LogP contribution in [0.2, 0.25) is 0 Å². The van der Waals surface area contributed by atoms with Crippen LogP contribution >= 0.6 is 22.7 Å². The van der Waals surface area contributed by atoms with E-state index >= 15 is 0 Å². The molecule has 5 nitrogen and oxygen atoms in total. The lowest BCUT2D eigenvalue weighted by molar-refractivity contribution is -0.134. The Morgan fingerprint density at radius 3 is 2.35 bits per heavy atom. The molecular formula is C24H25N3O2S2. The van der Waals surface area contributed by atoms with E-state index in [4.69, 9.17) is 0 Å². The van der Waals surface area contributed by atoms with Crippen LogP contribution in [0.3, 0.4) is 0 Å². The largest absolute Gasteiger partial charge is 0.338 e. The molecule has 0 spiro atoms. The summed E-state index contributed by atoms with van der Waals surface area (Å²) < 4.78 is 0. The maximum absolute atomic E-state index is 13.2. The lowest BCUT2D eigenvalue weighted by Gasteiger charge is -2.39. The predicted octanol–water partition coefficient (Wildman–Crippen LogP) is 3.74. The Labute approximate surface area is 190 Å². The van der Waals surface area contributed by atoms with Gasteiger partial charge in [-0.3, -0.25) is 14.5 Å². The van der Waals surface area contributed by atoms with Crippen molar-refractivity contribution >= 4 is 34.5 Å². The lowest BCUT2D eigenvalue weighted by atomic mass is 9.93. The van der Waals surface area contributed by atoms with E-state index in [0.717, 1.165) is 17.8 Å². The van der Waals surface area contributed by atoms with Gasteiger partial charge in [0, 0.05) is 37.6 Å². The third kappa shape index (κ3) is 4.18. The highest BCUT2D eigenvalue weighted by Crippen LogP contribution is 2.37. The average Bonchev–Trinajstić information content (AvgIpc) is 3.51. The summed E-state index contributed by atoms with van der Waals surface area (Å²) in [7, 11) is 0. The molecule has 3 aromatic rings. The predicted molar refractivity (Wildman–Crippen MR) is 125 cm³/mol. The minimum absolute atomic E-state index is 0.0762. The number of carbonyl (C=O) groups is 2. The van der Waals surface area contributed by atoms with Gasteiger partial charge >= 0.3 is 0 Å². The van der Waals surface area contributed by atoms with Crippen molar-refractivity contribution in [2.24, 2.45) is 0 Å². The summed E-state index contributed by atoms with van der Waals surface area (Å²) in [4.78, 5) is 34.1. The van der Waals surface area contributed by atoms with Gasteiger partial charge in [-0.2, -0.15) is 0 Å². The molecule has 5 rings (SSSR count). The van der Waals surface area contributed by atoms with Crippen molar-refractivity contribution in [2.45, 2.75) is 12.5 Å². The molecule has 160 valence electrons. The van der Waals surface area contributed by atoms with Gasteiger partial charge in [-0.05, 0) is 40.4 Å². The molecule has 1 saturated heterocycles. The number of carbonyl (C=O) groups excluding carboxylic acids is 2. The standard InChI is InChI=1S/C24H25N3O2S2/c28-22(25-11-13-26(14-12-25)24(29)21-7-4-15-30-21)17-27-10-8-20-19(9-16-31-20)23(27)18-5-2-1-3-6-18/h1-7,9,15-16,23H,8,10-14,17H2/t23-/m0/s1. The molecule has 31 heavy (non-hydrogen) atoms. The molecule has 0 unspecified atom stereocenters. The molecule has 2 aromatic heterocycles. The molecule has 7 heteroatoms. The maximum atomic E-state index is 13.2. The first-order chi connectivity index (χ1) is 15.2. The number of thiophene rings is 2. The summed E-state index contributed by atoms with van der Waals surface area (Å²) in [6, 6.07) is 16.6. The fourth-order valence-electron chi connectivity index (χ4n) is 4.55. The van der Waals surface area contributed by atoms with E-state index in [1.807, 2.05) is 44.7 Å². The van der Waals surface area contributed by atoms with Gasteiger partial charge < -0.3 is 9.80 Å². The lowest BCUT2D eigenvalue weighted by Crippen LogP contribution is -2.53. The Bertz CT molecular complexity index is 1040. The van der Waals surface area contributed by atoms with Crippen LogP contribution in [0.15, 0.2) is 59.3 Å².